The van der Waals surface area contributed by atoms with Gasteiger partial charge in [0.15, 0.2) is 0 Å². The summed E-state index contributed by atoms with van der Waals surface area (Å²) < 4.78 is 6.33. The number of benzene rings is 2. The first-order valence-corrected chi connectivity index (χ1v) is 9.25. The number of hydrogen-bond donors (Lipinski definition) is 3. The Labute approximate surface area is 166 Å². The lowest BCUT2D eigenvalue weighted by molar-refractivity contribution is -0.113. The number of anilines is 2. The maximum atomic E-state index is 12.1. The fourth-order valence-electron chi connectivity index (χ4n) is 2.16. The number of thioether (sulfide) groups is 1. The zero-order valence-electron chi connectivity index (χ0n) is 15.1. The van der Waals surface area contributed by atoms with E-state index in [1.54, 1.807) is 37.6 Å². The van der Waals surface area contributed by atoms with Crippen LogP contribution in [0.15, 0.2) is 64.9 Å². The SMILES string of the molecule is COc1ccc(NC(=O)CSc2nnc(N/N=C/c3ccccc3)n2N)cc1. The largest absolute Gasteiger partial charge is 0.497 e. The predicted octanol–water partition coefficient (Wildman–Crippen LogP) is 2.18. The van der Waals surface area contributed by atoms with Gasteiger partial charge in [-0.25, -0.2) is 10.1 Å². The van der Waals surface area contributed by atoms with Crippen LogP contribution in [0.3, 0.4) is 0 Å². The molecular weight excluding hydrogens is 378 g/mol. The van der Waals surface area contributed by atoms with Gasteiger partial charge in [0.05, 0.1) is 19.1 Å². The Hall–Kier alpha value is -3.53. The highest BCUT2D eigenvalue weighted by Crippen LogP contribution is 2.18. The number of hydrazone groups is 1. The van der Waals surface area contributed by atoms with E-state index in [1.807, 2.05) is 30.3 Å². The molecule has 0 aliphatic carbocycles. The first kappa shape index (κ1) is 19.2. The number of amides is 1. The molecule has 0 spiro atoms. The van der Waals surface area contributed by atoms with E-state index in [0.717, 1.165) is 11.3 Å². The molecule has 0 saturated carbocycles. The molecule has 0 bridgehead atoms. The molecule has 28 heavy (non-hydrogen) atoms. The highest BCUT2D eigenvalue weighted by molar-refractivity contribution is 7.99. The summed E-state index contributed by atoms with van der Waals surface area (Å²) in [6.07, 6.45) is 1.64. The van der Waals surface area contributed by atoms with Crippen molar-refractivity contribution in [2.45, 2.75) is 5.16 Å². The predicted molar refractivity (Wildman–Crippen MR) is 110 cm³/mol. The van der Waals surface area contributed by atoms with Crippen LogP contribution in [0.1, 0.15) is 5.56 Å². The van der Waals surface area contributed by atoms with Crippen molar-refractivity contribution in [1.29, 1.82) is 0 Å². The number of nitrogens with zero attached hydrogens (tertiary/aromatic N) is 4. The number of ether oxygens (including phenoxy) is 1. The fraction of sp³-hybridized carbons (Fsp3) is 0.111. The molecule has 1 aromatic heterocycles. The minimum atomic E-state index is -0.185. The molecule has 1 amide bonds. The highest BCUT2D eigenvalue weighted by atomic mass is 32.2. The molecule has 0 saturated heterocycles. The van der Waals surface area contributed by atoms with Crippen LogP contribution in [0.25, 0.3) is 0 Å². The summed E-state index contributed by atoms with van der Waals surface area (Å²) in [5.74, 6) is 6.88. The van der Waals surface area contributed by atoms with Crippen molar-refractivity contribution in [3.63, 3.8) is 0 Å². The smallest absolute Gasteiger partial charge is 0.264 e. The van der Waals surface area contributed by atoms with Crippen LogP contribution in [0, 0.1) is 0 Å². The Morgan fingerprint density at radius 3 is 2.68 bits per heavy atom. The molecule has 0 unspecified atom stereocenters. The molecule has 1 heterocycles. The van der Waals surface area contributed by atoms with Gasteiger partial charge in [0.2, 0.25) is 11.1 Å². The lowest BCUT2D eigenvalue weighted by Gasteiger charge is -2.06. The van der Waals surface area contributed by atoms with E-state index >= 15 is 0 Å². The molecule has 2 aromatic carbocycles. The number of carbonyl (C=O) groups excluding carboxylic acids is 1. The summed E-state index contributed by atoms with van der Waals surface area (Å²) in [5.41, 5.74) is 4.34. The van der Waals surface area contributed by atoms with Crippen LogP contribution >= 0.6 is 11.8 Å². The van der Waals surface area contributed by atoms with Crippen molar-refractivity contribution < 1.29 is 9.53 Å². The average molecular weight is 397 g/mol. The van der Waals surface area contributed by atoms with Gasteiger partial charge in [0.25, 0.3) is 5.95 Å². The van der Waals surface area contributed by atoms with Gasteiger partial charge in [0, 0.05) is 5.69 Å². The zero-order valence-corrected chi connectivity index (χ0v) is 15.9. The Balaban J connectivity index is 1.50. The Bertz CT molecular complexity index is 942. The molecule has 3 rings (SSSR count). The maximum absolute atomic E-state index is 12.1. The highest BCUT2D eigenvalue weighted by Gasteiger charge is 2.12. The van der Waals surface area contributed by atoms with E-state index in [0.29, 0.717) is 10.8 Å². The molecule has 0 fully saturated rings. The summed E-state index contributed by atoms with van der Waals surface area (Å²) in [6, 6.07) is 16.7. The summed E-state index contributed by atoms with van der Waals surface area (Å²) in [4.78, 5) is 12.1. The minimum absolute atomic E-state index is 0.134. The molecule has 144 valence electrons. The van der Waals surface area contributed by atoms with Gasteiger partial charge in [-0.2, -0.15) is 5.10 Å². The number of aromatic nitrogens is 3. The van der Waals surface area contributed by atoms with Gasteiger partial charge in [-0.15, -0.1) is 10.2 Å². The van der Waals surface area contributed by atoms with Gasteiger partial charge in [-0.05, 0) is 29.8 Å². The summed E-state index contributed by atoms with van der Waals surface area (Å²) in [5, 5.41) is 15.1. The fourth-order valence-corrected chi connectivity index (χ4v) is 2.81. The van der Waals surface area contributed by atoms with Gasteiger partial charge >= 0.3 is 0 Å². The van der Waals surface area contributed by atoms with E-state index in [9.17, 15) is 4.79 Å². The number of rotatable bonds is 8. The van der Waals surface area contributed by atoms with Crippen LogP contribution in [0.2, 0.25) is 0 Å². The molecule has 9 nitrogen and oxygen atoms in total. The van der Waals surface area contributed by atoms with E-state index in [4.69, 9.17) is 10.6 Å². The number of nitrogens with two attached hydrogens (primary N) is 1. The van der Waals surface area contributed by atoms with E-state index < -0.39 is 0 Å². The lowest BCUT2D eigenvalue weighted by atomic mass is 10.2. The quantitative estimate of drug-likeness (QED) is 0.231. The van der Waals surface area contributed by atoms with E-state index in [-0.39, 0.29) is 17.6 Å². The summed E-state index contributed by atoms with van der Waals surface area (Å²) in [6.45, 7) is 0. The number of carbonyl (C=O) groups is 1. The molecule has 4 N–H and O–H groups in total. The Morgan fingerprint density at radius 1 is 1.21 bits per heavy atom. The molecule has 3 aromatic rings. The van der Waals surface area contributed by atoms with Crippen molar-refractivity contribution in [2.24, 2.45) is 5.10 Å². The molecule has 0 aliphatic heterocycles. The summed E-state index contributed by atoms with van der Waals surface area (Å²) in [7, 11) is 1.59. The van der Waals surface area contributed by atoms with E-state index in [1.165, 1.54) is 16.4 Å². The van der Waals surface area contributed by atoms with Gasteiger partial charge in [-0.3, -0.25) is 4.79 Å². The Morgan fingerprint density at radius 2 is 1.96 bits per heavy atom. The summed E-state index contributed by atoms with van der Waals surface area (Å²) >= 11 is 1.17. The third kappa shape index (κ3) is 5.24. The van der Waals surface area contributed by atoms with Gasteiger partial charge in [0.1, 0.15) is 5.75 Å². The maximum Gasteiger partial charge on any atom is 0.264 e. The topological polar surface area (TPSA) is 119 Å². The average Bonchev–Trinajstić information content (AvgIpc) is 3.07. The van der Waals surface area contributed by atoms with Crippen molar-refractivity contribution in [1.82, 2.24) is 14.9 Å². The van der Waals surface area contributed by atoms with Gasteiger partial charge in [-0.1, -0.05) is 42.1 Å². The van der Waals surface area contributed by atoms with Crippen molar-refractivity contribution in [3.8, 4) is 5.75 Å². The minimum Gasteiger partial charge on any atom is -0.497 e. The van der Waals surface area contributed by atoms with Crippen molar-refractivity contribution >= 4 is 35.5 Å². The number of nitrogens with one attached hydrogen (secondary N) is 2. The molecule has 10 heteroatoms. The molecule has 0 aliphatic rings. The second-order valence-corrected chi connectivity index (χ2v) is 6.46. The standard InChI is InChI=1S/C18H19N7O2S/c1-27-15-9-7-14(8-10-15)21-16(26)12-28-18-24-23-17(25(18)19)22-20-11-13-5-3-2-4-6-13/h2-11H,12,19H2,1H3,(H,21,26)(H,22,23)/b20-11+. The van der Waals surface area contributed by atoms with Crippen molar-refractivity contribution in [2.75, 3.05) is 29.4 Å². The normalized spacial score (nSPS) is 10.8. The lowest BCUT2D eigenvalue weighted by Crippen LogP contribution is -2.16. The number of methoxy groups -OCH3 is 1. The first-order chi connectivity index (χ1) is 13.7. The van der Waals surface area contributed by atoms with Crippen LogP contribution in [0.4, 0.5) is 11.6 Å². The van der Waals surface area contributed by atoms with Crippen LogP contribution < -0.4 is 21.3 Å². The first-order valence-electron chi connectivity index (χ1n) is 8.27. The third-order valence-electron chi connectivity index (χ3n) is 3.55. The molecular formula is C18H19N7O2S. The number of hydrogen-bond acceptors (Lipinski definition) is 8. The molecule has 0 radical (unpaired) electrons. The second-order valence-electron chi connectivity index (χ2n) is 5.52. The molecule has 0 atom stereocenters. The van der Waals surface area contributed by atoms with Crippen LogP contribution in [-0.2, 0) is 4.79 Å². The van der Waals surface area contributed by atoms with Crippen molar-refractivity contribution in [3.05, 3.63) is 60.2 Å². The number of nitrogen functional groups attached to an aromatic ring is 1. The monoisotopic (exact) mass is 397 g/mol. The van der Waals surface area contributed by atoms with E-state index in [2.05, 4.69) is 26.0 Å². The Kier molecular flexibility index (Phi) is 6.47. The van der Waals surface area contributed by atoms with Gasteiger partial charge < -0.3 is 15.9 Å². The second kappa shape index (κ2) is 9.42. The van der Waals surface area contributed by atoms with Crippen LogP contribution in [0.5, 0.6) is 5.75 Å². The third-order valence-corrected chi connectivity index (χ3v) is 4.49. The zero-order chi connectivity index (χ0) is 19.8. The van der Waals surface area contributed by atoms with Crippen LogP contribution in [-0.4, -0.2) is 39.9 Å².